The predicted octanol–water partition coefficient (Wildman–Crippen LogP) is 3.74. The van der Waals surface area contributed by atoms with Crippen molar-refractivity contribution in [2.45, 2.75) is 13.8 Å². The second-order valence-electron chi connectivity index (χ2n) is 5.39. The highest BCUT2D eigenvalue weighted by Crippen LogP contribution is 2.19. The van der Waals surface area contributed by atoms with Crippen molar-refractivity contribution in [1.82, 2.24) is 5.32 Å². The Hall–Kier alpha value is -3.06. The van der Waals surface area contributed by atoms with Crippen molar-refractivity contribution in [3.63, 3.8) is 0 Å². The number of aryl methyl sites for hydroxylation is 2. The van der Waals surface area contributed by atoms with E-state index in [0.717, 1.165) is 16.8 Å². The fourth-order valence-corrected chi connectivity index (χ4v) is 2.39. The molecule has 0 fully saturated rings. The summed E-state index contributed by atoms with van der Waals surface area (Å²) in [6, 6.07) is 11.7. The van der Waals surface area contributed by atoms with Crippen molar-refractivity contribution < 1.29 is 9.72 Å². The Morgan fingerprint density at radius 2 is 1.72 bits per heavy atom. The maximum atomic E-state index is 11.9. The minimum atomic E-state index is -0.474. The van der Waals surface area contributed by atoms with E-state index >= 15 is 0 Å². The number of nitrogens with one attached hydrogen (secondary N) is 2. The molecule has 2 rings (SSSR count). The number of thiocarbonyl (C=S) groups is 1. The van der Waals surface area contributed by atoms with Crippen LogP contribution >= 0.6 is 12.2 Å². The fourth-order valence-electron chi connectivity index (χ4n) is 2.19. The number of nitro groups is 1. The third kappa shape index (κ3) is 5.22. The van der Waals surface area contributed by atoms with Crippen LogP contribution in [0.25, 0.3) is 6.08 Å². The zero-order chi connectivity index (χ0) is 18.4. The highest BCUT2D eigenvalue weighted by molar-refractivity contribution is 7.80. The summed E-state index contributed by atoms with van der Waals surface area (Å²) in [4.78, 5) is 22.1. The van der Waals surface area contributed by atoms with E-state index in [0.29, 0.717) is 5.56 Å². The summed E-state index contributed by atoms with van der Waals surface area (Å²) in [6.45, 7) is 3.91. The minimum absolute atomic E-state index is 0.000537. The first kappa shape index (κ1) is 18.3. The van der Waals surface area contributed by atoms with Gasteiger partial charge in [-0.25, -0.2) is 0 Å². The van der Waals surface area contributed by atoms with Crippen LogP contribution in [0.4, 0.5) is 11.4 Å². The molecular formula is C18H17N3O3S. The third-order valence-electron chi connectivity index (χ3n) is 3.49. The van der Waals surface area contributed by atoms with Crippen LogP contribution < -0.4 is 10.6 Å². The number of hydrogen-bond acceptors (Lipinski definition) is 4. The number of amides is 1. The molecule has 0 heterocycles. The average molecular weight is 355 g/mol. The van der Waals surface area contributed by atoms with Crippen LogP contribution in [0.3, 0.4) is 0 Å². The summed E-state index contributed by atoms with van der Waals surface area (Å²) >= 11 is 5.16. The van der Waals surface area contributed by atoms with Gasteiger partial charge in [-0.3, -0.25) is 20.2 Å². The van der Waals surface area contributed by atoms with Crippen LogP contribution in [0.15, 0.2) is 48.5 Å². The van der Waals surface area contributed by atoms with E-state index in [1.165, 1.54) is 18.2 Å². The number of carbonyl (C=O) groups excluding carboxylic acids is 1. The Morgan fingerprint density at radius 1 is 1.12 bits per heavy atom. The molecule has 6 nitrogen and oxygen atoms in total. The number of hydrogen-bond donors (Lipinski definition) is 2. The van der Waals surface area contributed by atoms with Crippen LogP contribution in [0.5, 0.6) is 0 Å². The smallest absolute Gasteiger partial charge is 0.269 e. The molecule has 0 spiro atoms. The molecule has 0 unspecified atom stereocenters. The van der Waals surface area contributed by atoms with Crippen LogP contribution in [0, 0.1) is 24.0 Å². The molecule has 7 heteroatoms. The van der Waals surface area contributed by atoms with Gasteiger partial charge in [-0.05, 0) is 61.0 Å². The van der Waals surface area contributed by atoms with Gasteiger partial charge in [0.15, 0.2) is 5.11 Å². The Morgan fingerprint density at radius 3 is 2.28 bits per heavy atom. The largest absolute Gasteiger partial charge is 0.332 e. The molecule has 0 saturated heterocycles. The van der Waals surface area contributed by atoms with Crippen molar-refractivity contribution in [2.24, 2.45) is 0 Å². The van der Waals surface area contributed by atoms with E-state index in [-0.39, 0.29) is 16.7 Å². The van der Waals surface area contributed by atoms with Crippen molar-refractivity contribution in [3.05, 3.63) is 75.3 Å². The molecule has 2 N–H and O–H groups in total. The highest BCUT2D eigenvalue weighted by Gasteiger charge is 2.06. The molecule has 128 valence electrons. The van der Waals surface area contributed by atoms with E-state index in [1.54, 1.807) is 18.2 Å². The maximum Gasteiger partial charge on any atom is 0.269 e. The van der Waals surface area contributed by atoms with Gasteiger partial charge >= 0.3 is 0 Å². The molecule has 0 radical (unpaired) electrons. The minimum Gasteiger partial charge on any atom is -0.332 e. The monoisotopic (exact) mass is 355 g/mol. The van der Waals surface area contributed by atoms with Crippen molar-refractivity contribution in [2.75, 3.05) is 5.32 Å². The lowest BCUT2D eigenvalue weighted by Crippen LogP contribution is -2.33. The van der Waals surface area contributed by atoms with Gasteiger partial charge in [-0.2, -0.15) is 0 Å². The second kappa shape index (κ2) is 8.16. The second-order valence-corrected chi connectivity index (χ2v) is 5.80. The molecule has 0 saturated carbocycles. The van der Waals surface area contributed by atoms with Gasteiger partial charge in [0.2, 0.25) is 5.91 Å². The number of rotatable bonds is 4. The summed E-state index contributed by atoms with van der Waals surface area (Å²) in [6.07, 6.45) is 2.88. The quantitative estimate of drug-likeness (QED) is 0.378. The van der Waals surface area contributed by atoms with Gasteiger partial charge < -0.3 is 5.32 Å². The normalized spacial score (nSPS) is 10.5. The van der Waals surface area contributed by atoms with Gasteiger partial charge in [-0.1, -0.05) is 18.2 Å². The molecule has 0 aromatic heterocycles. The van der Waals surface area contributed by atoms with Crippen LogP contribution in [0.1, 0.15) is 16.7 Å². The molecule has 2 aromatic carbocycles. The van der Waals surface area contributed by atoms with Crippen LogP contribution in [-0.4, -0.2) is 15.9 Å². The Labute approximate surface area is 150 Å². The van der Waals surface area contributed by atoms with E-state index in [1.807, 2.05) is 32.0 Å². The van der Waals surface area contributed by atoms with Crippen LogP contribution in [0.2, 0.25) is 0 Å². The summed E-state index contributed by atoms with van der Waals surface area (Å²) in [5.74, 6) is -0.387. The standard InChI is InChI=1S/C18H17N3O3S/c1-12-4-3-5-13(2)17(12)20-18(25)19-16(22)11-8-14-6-9-15(10-7-14)21(23)24/h3-11H,1-2H3,(H2,19,20,22,25)/b11-8+. The van der Waals surface area contributed by atoms with E-state index in [9.17, 15) is 14.9 Å². The van der Waals surface area contributed by atoms with Gasteiger partial charge in [0.05, 0.1) is 4.92 Å². The predicted molar refractivity (Wildman–Crippen MR) is 102 cm³/mol. The molecule has 0 atom stereocenters. The number of para-hydroxylation sites is 1. The first-order valence-corrected chi connectivity index (χ1v) is 7.88. The molecule has 0 bridgehead atoms. The Kier molecular flexibility index (Phi) is 5.97. The molecule has 25 heavy (non-hydrogen) atoms. The lowest BCUT2D eigenvalue weighted by molar-refractivity contribution is -0.384. The van der Waals surface area contributed by atoms with Crippen molar-refractivity contribution in [3.8, 4) is 0 Å². The van der Waals surface area contributed by atoms with Crippen molar-refractivity contribution >= 4 is 40.7 Å². The zero-order valence-corrected chi connectivity index (χ0v) is 14.6. The van der Waals surface area contributed by atoms with Gasteiger partial charge in [0, 0.05) is 23.9 Å². The van der Waals surface area contributed by atoms with Crippen molar-refractivity contribution in [1.29, 1.82) is 0 Å². The topological polar surface area (TPSA) is 84.3 Å². The SMILES string of the molecule is Cc1cccc(C)c1NC(=S)NC(=O)/C=C/c1ccc([N+](=O)[O-])cc1. The number of benzene rings is 2. The summed E-state index contributed by atoms with van der Waals surface area (Å²) in [5.41, 5.74) is 3.60. The van der Waals surface area contributed by atoms with E-state index in [2.05, 4.69) is 10.6 Å². The molecule has 0 aliphatic carbocycles. The average Bonchev–Trinajstić information content (AvgIpc) is 2.57. The highest BCUT2D eigenvalue weighted by atomic mass is 32.1. The van der Waals surface area contributed by atoms with Gasteiger partial charge in [0.1, 0.15) is 0 Å². The number of anilines is 1. The summed E-state index contributed by atoms with van der Waals surface area (Å²) < 4.78 is 0. The number of non-ortho nitro benzene ring substituents is 1. The number of carbonyl (C=O) groups is 1. The van der Waals surface area contributed by atoms with Gasteiger partial charge in [0.25, 0.3) is 5.69 Å². The first-order valence-electron chi connectivity index (χ1n) is 7.47. The fraction of sp³-hybridized carbons (Fsp3) is 0.111. The summed E-state index contributed by atoms with van der Waals surface area (Å²) in [7, 11) is 0. The Bertz CT molecular complexity index is 825. The number of nitrogens with zero attached hydrogens (tertiary/aromatic N) is 1. The van der Waals surface area contributed by atoms with Crippen LogP contribution in [-0.2, 0) is 4.79 Å². The Balaban J connectivity index is 1.95. The molecular weight excluding hydrogens is 338 g/mol. The zero-order valence-electron chi connectivity index (χ0n) is 13.8. The molecule has 2 aromatic rings. The van der Waals surface area contributed by atoms with Gasteiger partial charge in [-0.15, -0.1) is 0 Å². The van der Waals surface area contributed by atoms with E-state index in [4.69, 9.17) is 12.2 Å². The first-order chi connectivity index (χ1) is 11.9. The lowest BCUT2D eigenvalue weighted by atomic mass is 10.1. The third-order valence-corrected chi connectivity index (χ3v) is 3.69. The molecule has 1 amide bonds. The maximum absolute atomic E-state index is 11.9. The van der Waals surface area contributed by atoms with E-state index < -0.39 is 4.92 Å². The lowest BCUT2D eigenvalue weighted by Gasteiger charge is -2.13. The summed E-state index contributed by atoms with van der Waals surface area (Å²) in [5, 5.41) is 16.4. The number of nitro benzene ring substituents is 1. The molecule has 0 aliphatic heterocycles. The molecule has 0 aliphatic rings.